The molecule has 0 aromatic carbocycles. The molecule has 1 aliphatic carbocycles. The molecule has 0 bridgehead atoms. The van der Waals surface area contributed by atoms with Crippen molar-refractivity contribution in [2.24, 2.45) is 5.92 Å². The Bertz CT molecular complexity index is 1290. The Balaban J connectivity index is 2.10. The number of halogens is 6. The van der Waals surface area contributed by atoms with Crippen LogP contribution in [0.3, 0.4) is 0 Å². The van der Waals surface area contributed by atoms with Gasteiger partial charge in [0.15, 0.2) is 0 Å². The molecule has 32 heavy (non-hydrogen) atoms. The Kier molecular flexibility index (Phi) is 5.65. The molecular weight excluding hydrogens is 500 g/mol. The summed E-state index contributed by atoms with van der Waals surface area (Å²) in [5.74, 6) is -3.88. The number of carbonyl (C=O) groups is 1. The van der Waals surface area contributed by atoms with E-state index in [4.69, 9.17) is 0 Å². The molecule has 18 heteroatoms. The van der Waals surface area contributed by atoms with Crippen LogP contribution in [-0.4, -0.2) is 43.7 Å². The summed E-state index contributed by atoms with van der Waals surface area (Å²) >= 11 is 0. The topological polar surface area (TPSA) is 142 Å². The maximum absolute atomic E-state index is 12.7. The van der Waals surface area contributed by atoms with E-state index in [0.29, 0.717) is 25.1 Å². The van der Waals surface area contributed by atoms with E-state index in [1.807, 2.05) is 0 Å². The predicted molar refractivity (Wildman–Crippen MR) is 92.1 cm³/mol. The lowest BCUT2D eigenvalue weighted by atomic mass is 10.2. The third-order valence-electron chi connectivity index (χ3n) is 3.81. The summed E-state index contributed by atoms with van der Waals surface area (Å²) in [6, 6.07) is 1.46. The van der Waals surface area contributed by atoms with Gasteiger partial charge in [0, 0.05) is 18.2 Å². The summed E-state index contributed by atoms with van der Waals surface area (Å²) in [6.45, 7) is 0. The smallest absolute Gasteiger partial charge is 0.355 e. The first-order valence-electron chi connectivity index (χ1n) is 8.13. The number of nitrogens with zero attached hydrogens (tertiary/aromatic N) is 2. The highest BCUT2D eigenvalue weighted by molar-refractivity contribution is 7.88. The Labute approximate surface area is 174 Å². The van der Waals surface area contributed by atoms with Crippen molar-refractivity contribution >= 4 is 42.7 Å². The molecule has 10 nitrogen and oxygen atoms in total. The van der Waals surface area contributed by atoms with Crippen molar-refractivity contribution in [3.05, 3.63) is 18.3 Å². The SMILES string of the molecule is O=C(Nc1cc2cc(OS(=O)(=O)C(F)(F)F)nc(OS(=O)(=O)C(F)(F)F)c2cn1)C1CC1. The van der Waals surface area contributed by atoms with Gasteiger partial charge in [-0.3, -0.25) is 4.79 Å². The van der Waals surface area contributed by atoms with E-state index in [9.17, 15) is 48.0 Å². The summed E-state index contributed by atoms with van der Waals surface area (Å²) in [5, 5.41) is 1.36. The quantitative estimate of drug-likeness (QED) is 0.353. The summed E-state index contributed by atoms with van der Waals surface area (Å²) in [7, 11) is -12.7. The first kappa shape index (κ1) is 23.8. The lowest BCUT2D eigenvalue weighted by Gasteiger charge is -2.14. The fourth-order valence-electron chi connectivity index (χ4n) is 2.15. The Morgan fingerprint density at radius 2 is 1.53 bits per heavy atom. The first-order chi connectivity index (χ1) is 14.5. The van der Waals surface area contributed by atoms with Crippen LogP contribution < -0.4 is 13.7 Å². The number of fused-ring (bicyclic) bond motifs is 1. The van der Waals surface area contributed by atoms with Crippen molar-refractivity contribution < 1.29 is 56.3 Å². The third-order valence-corrected chi connectivity index (χ3v) is 5.71. The van der Waals surface area contributed by atoms with Gasteiger partial charge in [-0.2, -0.15) is 48.2 Å². The van der Waals surface area contributed by atoms with Crippen molar-refractivity contribution in [3.8, 4) is 11.8 Å². The van der Waals surface area contributed by atoms with Gasteiger partial charge in [-0.05, 0) is 24.3 Å². The molecule has 1 aliphatic rings. The average Bonchev–Trinajstić information content (AvgIpc) is 3.43. The van der Waals surface area contributed by atoms with Crippen LogP contribution in [-0.2, 0) is 25.0 Å². The summed E-state index contributed by atoms with van der Waals surface area (Å²) < 4.78 is 128. The highest BCUT2D eigenvalue weighted by Crippen LogP contribution is 2.35. The number of anilines is 1. The highest BCUT2D eigenvalue weighted by Gasteiger charge is 2.50. The number of hydrogen-bond donors (Lipinski definition) is 1. The maximum Gasteiger partial charge on any atom is 0.534 e. The number of pyridine rings is 2. The molecule has 0 spiro atoms. The van der Waals surface area contributed by atoms with Gasteiger partial charge in [-0.15, -0.1) is 0 Å². The van der Waals surface area contributed by atoms with Crippen LogP contribution in [0.15, 0.2) is 18.3 Å². The number of hydrogen-bond acceptors (Lipinski definition) is 9. The number of carbonyl (C=O) groups excluding carboxylic acids is 1. The molecule has 2 aromatic heterocycles. The van der Waals surface area contributed by atoms with E-state index in [0.717, 1.165) is 6.07 Å². The van der Waals surface area contributed by atoms with Crippen LogP contribution in [0.2, 0.25) is 0 Å². The van der Waals surface area contributed by atoms with E-state index < -0.39 is 59.7 Å². The lowest BCUT2D eigenvalue weighted by Crippen LogP contribution is -2.29. The molecule has 0 radical (unpaired) electrons. The zero-order valence-electron chi connectivity index (χ0n) is 15.1. The minimum Gasteiger partial charge on any atom is -0.355 e. The molecule has 0 saturated heterocycles. The van der Waals surface area contributed by atoms with Crippen LogP contribution in [0.25, 0.3) is 10.8 Å². The number of alkyl halides is 6. The van der Waals surface area contributed by atoms with Crippen LogP contribution in [0, 0.1) is 5.92 Å². The van der Waals surface area contributed by atoms with E-state index in [2.05, 4.69) is 23.7 Å². The number of amides is 1. The van der Waals surface area contributed by atoms with Crippen LogP contribution in [0.1, 0.15) is 12.8 Å². The minimum absolute atomic E-state index is 0.213. The van der Waals surface area contributed by atoms with Crippen molar-refractivity contribution in [1.29, 1.82) is 0 Å². The Hall–Kier alpha value is -2.89. The second-order valence-electron chi connectivity index (χ2n) is 6.29. The normalized spacial score (nSPS) is 15.4. The largest absolute Gasteiger partial charge is 0.534 e. The fraction of sp³-hybridized carbons (Fsp3) is 0.357. The second kappa shape index (κ2) is 7.61. The van der Waals surface area contributed by atoms with Crippen molar-refractivity contribution in [1.82, 2.24) is 9.97 Å². The third kappa shape index (κ3) is 4.95. The molecule has 1 saturated carbocycles. The molecule has 1 N–H and O–H groups in total. The Morgan fingerprint density at radius 1 is 0.969 bits per heavy atom. The van der Waals surface area contributed by atoms with Crippen molar-refractivity contribution in [2.75, 3.05) is 5.32 Å². The molecule has 0 unspecified atom stereocenters. The van der Waals surface area contributed by atoms with E-state index in [1.54, 1.807) is 0 Å². The second-order valence-corrected chi connectivity index (χ2v) is 9.36. The zero-order valence-corrected chi connectivity index (χ0v) is 16.7. The van der Waals surface area contributed by atoms with Gasteiger partial charge in [0.2, 0.25) is 17.7 Å². The van der Waals surface area contributed by atoms with Crippen LogP contribution in [0.5, 0.6) is 11.8 Å². The highest BCUT2D eigenvalue weighted by atomic mass is 32.2. The van der Waals surface area contributed by atoms with Gasteiger partial charge in [-0.1, -0.05) is 0 Å². The summed E-state index contributed by atoms with van der Waals surface area (Å²) in [4.78, 5) is 18.5. The van der Waals surface area contributed by atoms with E-state index in [-0.39, 0.29) is 11.7 Å². The molecular formula is C14H9F6N3O7S2. The molecule has 1 fully saturated rings. The Morgan fingerprint density at radius 3 is 2.06 bits per heavy atom. The molecule has 176 valence electrons. The molecule has 0 atom stereocenters. The van der Waals surface area contributed by atoms with E-state index >= 15 is 0 Å². The van der Waals surface area contributed by atoms with Crippen LogP contribution >= 0.6 is 0 Å². The van der Waals surface area contributed by atoms with Gasteiger partial charge in [0.25, 0.3) is 0 Å². The van der Waals surface area contributed by atoms with Gasteiger partial charge in [-0.25, -0.2) is 4.98 Å². The number of nitrogens with one attached hydrogen (secondary N) is 1. The number of rotatable bonds is 6. The predicted octanol–water partition coefficient (Wildman–Crippen LogP) is 2.44. The summed E-state index contributed by atoms with van der Waals surface area (Å²) in [6.07, 6.45) is 1.92. The molecule has 3 rings (SSSR count). The molecule has 1 amide bonds. The fourth-order valence-corrected chi connectivity index (χ4v) is 2.99. The van der Waals surface area contributed by atoms with Crippen molar-refractivity contribution in [2.45, 2.75) is 23.9 Å². The molecule has 2 aromatic rings. The van der Waals surface area contributed by atoms with Gasteiger partial charge < -0.3 is 13.7 Å². The summed E-state index contributed by atoms with van der Waals surface area (Å²) in [5.41, 5.74) is -11.9. The van der Waals surface area contributed by atoms with Crippen molar-refractivity contribution in [3.63, 3.8) is 0 Å². The van der Waals surface area contributed by atoms with Gasteiger partial charge >= 0.3 is 31.3 Å². The standard InChI is InChI=1S/C14H9F6N3O7S2/c15-13(16,17)31(25,26)29-10-4-7-3-9(22-11(24)6-1-2-6)21-5-8(7)12(23-10)30-32(27,28)14(18,19)20/h3-6H,1-2H2,(H,21,22,24). The molecule has 2 heterocycles. The maximum atomic E-state index is 12.7. The number of aromatic nitrogens is 2. The average molecular weight is 509 g/mol. The molecule has 0 aliphatic heterocycles. The van der Waals surface area contributed by atoms with Gasteiger partial charge in [0.05, 0.1) is 5.39 Å². The van der Waals surface area contributed by atoms with Gasteiger partial charge in [0.1, 0.15) is 5.82 Å². The lowest BCUT2D eigenvalue weighted by molar-refractivity contribution is -0.117. The van der Waals surface area contributed by atoms with E-state index in [1.165, 1.54) is 0 Å². The monoisotopic (exact) mass is 509 g/mol. The first-order valence-corrected chi connectivity index (χ1v) is 10.9. The van der Waals surface area contributed by atoms with Crippen LogP contribution in [0.4, 0.5) is 32.2 Å². The zero-order chi connectivity index (χ0) is 24.1. The minimum atomic E-state index is -6.35.